The quantitative estimate of drug-likeness (QED) is 0.238. The molecule has 2 aromatic carbocycles. The van der Waals surface area contributed by atoms with Gasteiger partial charge in [0.15, 0.2) is 0 Å². The number of nitrogens with zero attached hydrogens (tertiary/aromatic N) is 4. The van der Waals surface area contributed by atoms with E-state index in [4.69, 9.17) is 4.99 Å². The van der Waals surface area contributed by atoms with Crippen LogP contribution in [-0.2, 0) is 6.42 Å². The number of aromatic nitrogens is 1. The number of rotatable bonds is 11. The molecule has 38 heavy (non-hydrogen) atoms. The van der Waals surface area contributed by atoms with Gasteiger partial charge in [-0.05, 0) is 86.5 Å². The molecule has 1 aromatic heterocycles. The Hall–Kier alpha value is -2.77. The molecule has 0 bridgehead atoms. The zero-order valence-electron chi connectivity index (χ0n) is 23.3. The van der Waals surface area contributed by atoms with Gasteiger partial charge in [-0.25, -0.2) is 4.31 Å². The molecule has 0 spiro atoms. The molecular weight excluding hydrogens is 486 g/mol. The van der Waals surface area contributed by atoms with Gasteiger partial charge in [-0.3, -0.25) is 9.98 Å². The van der Waals surface area contributed by atoms with Crippen LogP contribution in [0.15, 0.2) is 77.6 Å². The predicted molar refractivity (Wildman–Crippen MR) is 167 cm³/mol. The number of piperazine rings is 1. The second kappa shape index (κ2) is 14.4. The third-order valence-electron chi connectivity index (χ3n) is 7.29. The van der Waals surface area contributed by atoms with Gasteiger partial charge in [0.25, 0.3) is 0 Å². The number of para-hydroxylation sites is 1. The maximum atomic E-state index is 4.92. The van der Waals surface area contributed by atoms with Crippen molar-refractivity contribution in [1.29, 1.82) is 0 Å². The van der Waals surface area contributed by atoms with Crippen LogP contribution in [0.1, 0.15) is 37.0 Å². The van der Waals surface area contributed by atoms with Crippen molar-refractivity contribution in [1.82, 2.24) is 19.5 Å². The maximum absolute atomic E-state index is 4.92. The van der Waals surface area contributed by atoms with Gasteiger partial charge in [-0.2, -0.15) is 0 Å². The molecule has 0 amide bonds. The smallest absolute Gasteiger partial charge is 0.0708 e. The fraction of sp³-hybridized carbons (Fsp3) is 0.375. The van der Waals surface area contributed by atoms with Crippen molar-refractivity contribution >= 4 is 40.2 Å². The summed E-state index contributed by atoms with van der Waals surface area (Å²) < 4.78 is 2.46. The number of pyridine rings is 1. The number of hydrogen-bond donors (Lipinski definition) is 1. The number of fused-ring (bicyclic) bond motifs is 1. The molecule has 1 fully saturated rings. The van der Waals surface area contributed by atoms with E-state index in [-0.39, 0.29) is 0 Å². The second-order valence-corrected chi connectivity index (χ2v) is 10.6. The van der Waals surface area contributed by atoms with Crippen molar-refractivity contribution in [3.05, 3.63) is 89.3 Å². The third kappa shape index (κ3) is 7.41. The van der Waals surface area contributed by atoms with Crippen LogP contribution < -0.4 is 5.32 Å². The fourth-order valence-corrected chi connectivity index (χ4v) is 5.55. The summed E-state index contributed by atoms with van der Waals surface area (Å²) in [5.74, 6) is 0. The highest BCUT2D eigenvalue weighted by Gasteiger charge is 2.15. The van der Waals surface area contributed by atoms with Crippen molar-refractivity contribution in [3.63, 3.8) is 0 Å². The van der Waals surface area contributed by atoms with E-state index < -0.39 is 0 Å². The summed E-state index contributed by atoms with van der Waals surface area (Å²) in [5.41, 5.74) is 8.10. The van der Waals surface area contributed by atoms with E-state index in [1.807, 2.05) is 37.5 Å². The molecule has 3 aromatic rings. The van der Waals surface area contributed by atoms with E-state index in [9.17, 15) is 0 Å². The zero-order chi connectivity index (χ0) is 26.7. The summed E-state index contributed by atoms with van der Waals surface area (Å²) in [7, 11) is 1.98. The van der Waals surface area contributed by atoms with E-state index in [0.717, 1.165) is 35.1 Å². The van der Waals surface area contributed by atoms with Gasteiger partial charge in [0.05, 0.1) is 5.52 Å². The van der Waals surface area contributed by atoms with Crippen LogP contribution in [0.4, 0.5) is 0 Å². The number of hydrogen-bond acceptors (Lipinski definition) is 6. The molecule has 1 saturated heterocycles. The highest BCUT2D eigenvalue weighted by molar-refractivity contribution is 7.96. The van der Waals surface area contributed by atoms with Gasteiger partial charge < -0.3 is 10.2 Å². The molecule has 1 aliphatic rings. The Kier molecular flexibility index (Phi) is 10.7. The number of aliphatic imine (C=N–C) groups is 1. The van der Waals surface area contributed by atoms with Crippen molar-refractivity contribution in [2.24, 2.45) is 4.99 Å². The first-order chi connectivity index (χ1) is 18.6. The van der Waals surface area contributed by atoms with Crippen molar-refractivity contribution in [2.75, 3.05) is 52.6 Å². The first-order valence-electron chi connectivity index (χ1n) is 13.6. The molecule has 1 N–H and O–H groups in total. The van der Waals surface area contributed by atoms with E-state index in [1.165, 1.54) is 61.4 Å². The lowest BCUT2D eigenvalue weighted by Gasteiger charge is -2.33. The van der Waals surface area contributed by atoms with Gasteiger partial charge in [-0.15, -0.1) is 0 Å². The lowest BCUT2D eigenvalue weighted by molar-refractivity contribution is 0.195. The average molecular weight is 528 g/mol. The summed E-state index contributed by atoms with van der Waals surface area (Å²) in [6, 6.07) is 19.4. The van der Waals surface area contributed by atoms with E-state index in [2.05, 4.69) is 94.2 Å². The Morgan fingerprint density at radius 2 is 1.82 bits per heavy atom. The van der Waals surface area contributed by atoms with Crippen LogP contribution in [0.25, 0.3) is 22.0 Å². The maximum Gasteiger partial charge on any atom is 0.0708 e. The summed E-state index contributed by atoms with van der Waals surface area (Å²) in [5, 5.41) is 4.47. The SMILES string of the molecule is C\C=C(/C=N\C(C)=C(\CNC)c1ccnc2ccccc12)c1ccc(CCCN2CCN(SC)CC2)cc1. The minimum absolute atomic E-state index is 0.740. The Morgan fingerprint density at radius 1 is 1.05 bits per heavy atom. The molecule has 4 rings (SSSR count). The normalized spacial score (nSPS) is 16.4. The van der Waals surface area contributed by atoms with Crippen molar-refractivity contribution in [3.8, 4) is 0 Å². The third-order valence-corrected chi connectivity index (χ3v) is 8.17. The molecule has 5 nitrogen and oxygen atoms in total. The monoisotopic (exact) mass is 527 g/mol. The minimum atomic E-state index is 0.740. The molecule has 1 aliphatic heterocycles. The van der Waals surface area contributed by atoms with Gasteiger partial charge >= 0.3 is 0 Å². The lowest BCUT2D eigenvalue weighted by atomic mass is 9.99. The van der Waals surface area contributed by atoms with Crippen molar-refractivity contribution < 1.29 is 0 Å². The number of nitrogens with one attached hydrogen (secondary N) is 1. The van der Waals surface area contributed by atoms with Crippen LogP contribution >= 0.6 is 11.9 Å². The highest BCUT2D eigenvalue weighted by atomic mass is 32.2. The largest absolute Gasteiger partial charge is 0.316 e. The van der Waals surface area contributed by atoms with Gasteiger partial charge in [0.1, 0.15) is 0 Å². The molecule has 200 valence electrons. The number of benzene rings is 2. The molecule has 2 heterocycles. The number of likely N-dealkylation sites (N-methyl/N-ethyl adjacent to an activating group) is 1. The average Bonchev–Trinajstić information content (AvgIpc) is 2.97. The van der Waals surface area contributed by atoms with Crippen LogP contribution in [0.2, 0.25) is 0 Å². The lowest BCUT2D eigenvalue weighted by Crippen LogP contribution is -2.43. The molecule has 0 unspecified atom stereocenters. The molecule has 0 aliphatic carbocycles. The minimum Gasteiger partial charge on any atom is -0.316 e. The topological polar surface area (TPSA) is 43.8 Å². The molecule has 0 saturated carbocycles. The van der Waals surface area contributed by atoms with Crippen LogP contribution in [0.5, 0.6) is 0 Å². The van der Waals surface area contributed by atoms with E-state index >= 15 is 0 Å². The molecular formula is C32H41N5S. The van der Waals surface area contributed by atoms with E-state index in [0.29, 0.717) is 0 Å². The van der Waals surface area contributed by atoms with Crippen molar-refractivity contribution in [2.45, 2.75) is 26.7 Å². The van der Waals surface area contributed by atoms with Crippen LogP contribution in [0.3, 0.4) is 0 Å². The Bertz CT molecular complexity index is 1270. The molecule has 0 radical (unpaired) electrons. The fourth-order valence-electron chi connectivity index (χ4n) is 5.02. The standard InChI is InChI=1S/C32H41N5S/c1-5-27(28-14-12-26(13-15-28)9-8-18-36-19-21-37(38-4)22-20-36)23-35-25(2)31(24-33-3)29-16-17-34-32-11-7-6-10-30(29)32/h5-7,10-17,23,33H,8-9,18-22,24H2,1-4H3/b27-5+,31-25-,35-23-. The summed E-state index contributed by atoms with van der Waals surface area (Å²) in [6.45, 7) is 10.8. The molecule has 0 atom stereocenters. The first-order valence-corrected chi connectivity index (χ1v) is 14.8. The number of aryl methyl sites for hydroxylation is 1. The zero-order valence-corrected chi connectivity index (χ0v) is 24.1. The Labute approximate surface area is 232 Å². The van der Waals surface area contributed by atoms with Crippen LogP contribution in [-0.4, -0.2) is 73.0 Å². The molecule has 6 heteroatoms. The van der Waals surface area contributed by atoms with E-state index in [1.54, 1.807) is 0 Å². The van der Waals surface area contributed by atoms with Gasteiger partial charge in [0.2, 0.25) is 0 Å². The first kappa shape index (κ1) is 28.2. The second-order valence-electron chi connectivity index (χ2n) is 9.73. The van der Waals surface area contributed by atoms with Gasteiger partial charge in [-0.1, -0.05) is 60.5 Å². The summed E-state index contributed by atoms with van der Waals surface area (Å²) in [6.07, 6.45) is 10.5. The Morgan fingerprint density at radius 3 is 2.53 bits per heavy atom. The predicted octanol–water partition coefficient (Wildman–Crippen LogP) is 6.19. The Balaban J connectivity index is 1.41. The highest BCUT2D eigenvalue weighted by Crippen LogP contribution is 2.26. The number of allylic oxidation sites excluding steroid dienone is 3. The van der Waals surface area contributed by atoms with Crippen LogP contribution in [0, 0.1) is 0 Å². The summed E-state index contributed by atoms with van der Waals surface area (Å²) in [4.78, 5) is 12.1. The summed E-state index contributed by atoms with van der Waals surface area (Å²) >= 11 is 1.87. The van der Waals surface area contributed by atoms with Gasteiger partial charge in [0, 0.05) is 56.2 Å².